The third-order valence-electron chi connectivity index (χ3n) is 5.47. The summed E-state index contributed by atoms with van der Waals surface area (Å²) in [4.78, 5) is 29.8. The van der Waals surface area contributed by atoms with Gasteiger partial charge in [0.1, 0.15) is 11.6 Å². The van der Waals surface area contributed by atoms with Crippen molar-refractivity contribution in [2.24, 2.45) is 0 Å². The van der Waals surface area contributed by atoms with Crippen molar-refractivity contribution in [3.8, 4) is 0 Å². The molecule has 0 saturated carbocycles. The molecule has 7 heteroatoms. The topological polar surface area (TPSA) is 71.3 Å². The summed E-state index contributed by atoms with van der Waals surface area (Å²) in [7, 11) is 0. The van der Waals surface area contributed by atoms with Crippen LogP contribution in [0.2, 0.25) is 0 Å². The third-order valence-corrected chi connectivity index (χ3v) is 5.47. The first kappa shape index (κ1) is 20.0. The van der Waals surface area contributed by atoms with Crippen LogP contribution in [0, 0.1) is 0 Å². The molecule has 0 bridgehead atoms. The van der Waals surface area contributed by atoms with Crippen LogP contribution in [0.1, 0.15) is 18.5 Å². The molecule has 0 N–H and O–H groups in total. The molecular weight excluding hydrogens is 378 g/mol. The quantitative estimate of drug-likeness (QED) is 0.653. The van der Waals surface area contributed by atoms with E-state index in [0.717, 1.165) is 19.6 Å². The van der Waals surface area contributed by atoms with Gasteiger partial charge in [-0.3, -0.25) is 14.5 Å². The van der Waals surface area contributed by atoms with Gasteiger partial charge in [0.05, 0.1) is 5.39 Å². The summed E-state index contributed by atoms with van der Waals surface area (Å²) in [5, 5.41) is 8.56. The number of carbonyl (C=O) groups is 1. The molecule has 1 atom stereocenters. The van der Waals surface area contributed by atoms with Gasteiger partial charge in [-0.2, -0.15) is 4.68 Å². The number of amides is 1. The summed E-state index contributed by atoms with van der Waals surface area (Å²) in [5.41, 5.74) is 1.43. The molecule has 0 radical (unpaired) electrons. The van der Waals surface area contributed by atoms with Gasteiger partial charge in [0.2, 0.25) is 5.91 Å². The van der Waals surface area contributed by atoms with E-state index in [9.17, 15) is 9.59 Å². The highest BCUT2D eigenvalue weighted by Crippen LogP contribution is 2.12. The molecule has 1 saturated heterocycles. The number of hydrogen-bond donors (Lipinski definition) is 0. The number of hydrogen-bond acceptors (Lipinski definition) is 5. The zero-order chi connectivity index (χ0) is 20.9. The lowest BCUT2D eigenvalue weighted by atomic mass is 10.2. The fraction of sp³-hybridized carbons (Fsp3) is 0.304. The zero-order valence-corrected chi connectivity index (χ0v) is 17.0. The first-order chi connectivity index (χ1) is 14.6. The molecule has 0 unspecified atom stereocenters. The van der Waals surface area contributed by atoms with Crippen molar-refractivity contribution in [2.75, 3.05) is 32.7 Å². The second-order valence-electron chi connectivity index (χ2n) is 7.47. The van der Waals surface area contributed by atoms with E-state index in [1.54, 1.807) is 25.1 Å². The molecule has 30 heavy (non-hydrogen) atoms. The summed E-state index contributed by atoms with van der Waals surface area (Å²) in [6, 6.07) is 16.6. The van der Waals surface area contributed by atoms with Crippen LogP contribution in [0.25, 0.3) is 17.0 Å². The molecule has 0 spiro atoms. The van der Waals surface area contributed by atoms with Crippen LogP contribution in [-0.2, 0) is 4.79 Å². The predicted molar refractivity (Wildman–Crippen MR) is 117 cm³/mol. The van der Waals surface area contributed by atoms with E-state index in [-0.39, 0.29) is 11.5 Å². The Labute approximate surface area is 175 Å². The average molecular weight is 403 g/mol. The monoisotopic (exact) mass is 403 g/mol. The molecule has 1 amide bonds. The van der Waals surface area contributed by atoms with Crippen molar-refractivity contribution < 1.29 is 4.79 Å². The van der Waals surface area contributed by atoms with E-state index < -0.39 is 6.04 Å². The SMILES string of the molecule is C[C@H](C(=O)N1CCN(C/C=C/c2ccccc2)CC1)n1nnc2ccccc2c1=O. The Morgan fingerprint density at radius 2 is 1.73 bits per heavy atom. The summed E-state index contributed by atoms with van der Waals surface area (Å²) < 4.78 is 1.19. The molecular formula is C23H25N5O2. The second-order valence-corrected chi connectivity index (χ2v) is 7.47. The molecule has 2 aromatic carbocycles. The first-order valence-electron chi connectivity index (χ1n) is 10.2. The van der Waals surface area contributed by atoms with E-state index in [4.69, 9.17) is 0 Å². The fourth-order valence-corrected chi connectivity index (χ4v) is 3.68. The summed E-state index contributed by atoms with van der Waals surface area (Å²) in [5.74, 6) is -0.0961. The van der Waals surface area contributed by atoms with Gasteiger partial charge in [-0.25, -0.2) is 0 Å². The maximum Gasteiger partial charge on any atom is 0.278 e. The molecule has 3 aromatic rings. The Bertz CT molecular complexity index is 1100. The lowest BCUT2D eigenvalue weighted by Crippen LogP contribution is -2.51. The predicted octanol–water partition coefficient (Wildman–Crippen LogP) is 2.21. The Kier molecular flexibility index (Phi) is 5.99. The molecule has 1 aliphatic heterocycles. The lowest BCUT2D eigenvalue weighted by molar-refractivity contribution is -0.136. The van der Waals surface area contributed by atoms with Crippen molar-refractivity contribution in [1.82, 2.24) is 24.8 Å². The van der Waals surface area contributed by atoms with Crippen LogP contribution in [0.3, 0.4) is 0 Å². The number of aromatic nitrogens is 3. The fourth-order valence-electron chi connectivity index (χ4n) is 3.68. The molecule has 1 fully saturated rings. The van der Waals surface area contributed by atoms with Gasteiger partial charge < -0.3 is 4.90 Å². The molecule has 154 valence electrons. The minimum absolute atomic E-state index is 0.0961. The second kappa shape index (κ2) is 9.00. The zero-order valence-electron chi connectivity index (χ0n) is 17.0. The van der Waals surface area contributed by atoms with Crippen LogP contribution in [0.15, 0.2) is 65.5 Å². The lowest BCUT2D eigenvalue weighted by Gasteiger charge is -2.35. The number of nitrogens with zero attached hydrogens (tertiary/aromatic N) is 5. The highest BCUT2D eigenvalue weighted by atomic mass is 16.2. The van der Waals surface area contributed by atoms with Gasteiger partial charge >= 0.3 is 0 Å². The molecule has 7 nitrogen and oxygen atoms in total. The molecule has 1 aliphatic rings. The van der Waals surface area contributed by atoms with E-state index in [1.165, 1.54) is 10.2 Å². The highest BCUT2D eigenvalue weighted by molar-refractivity contribution is 5.81. The van der Waals surface area contributed by atoms with Gasteiger partial charge in [0.25, 0.3) is 5.56 Å². The highest BCUT2D eigenvalue weighted by Gasteiger charge is 2.27. The summed E-state index contributed by atoms with van der Waals surface area (Å²) in [6.45, 7) is 5.44. The van der Waals surface area contributed by atoms with Crippen LogP contribution in [-0.4, -0.2) is 63.4 Å². The maximum atomic E-state index is 13.0. The number of carbonyl (C=O) groups excluding carboxylic acids is 1. The van der Waals surface area contributed by atoms with E-state index in [2.05, 4.69) is 39.5 Å². The standard InChI is InChI=1S/C23H25N5O2/c1-18(28-23(30)20-11-5-6-12-21(20)24-25-28)22(29)27-16-14-26(15-17-27)13-7-10-19-8-3-2-4-9-19/h2-12,18H,13-17H2,1H3/b10-7+/t18-/m1/s1. The van der Waals surface area contributed by atoms with Crippen molar-refractivity contribution >= 4 is 22.9 Å². The molecule has 4 rings (SSSR count). The Morgan fingerprint density at radius 3 is 2.50 bits per heavy atom. The number of rotatable bonds is 5. The van der Waals surface area contributed by atoms with E-state index >= 15 is 0 Å². The Hall–Kier alpha value is -3.32. The number of fused-ring (bicyclic) bond motifs is 1. The van der Waals surface area contributed by atoms with Crippen molar-refractivity contribution in [1.29, 1.82) is 0 Å². The smallest absolute Gasteiger partial charge is 0.278 e. The van der Waals surface area contributed by atoms with E-state index in [0.29, 0.717) is 24.0 Å². The van der Waals surface area contributed by atoms with E-state index in [1.807, 2.05) is 29.2 Å². The first-order valence-corrected chi connectivity index (χ1v) is 10.2. The number of benzene rings is 2. The summed E-state index contributed by atoms with van der Waals surface area (Å²) in [6.07, 6.45) is 4.27. The van der Waals surface area contributed by atoms with Crippen molar-refractivity contribution in [3.63, 3.8) is 0 Å². The van der Waals surface area contributed by atoms with Gasteiger partial charge in [0, 0.05) is 32.7 Å². The van der Waals surface area contributed by atoms with Crippen LogP contribution in [0.4, 0.5) is 0 Å². The Balaban J connectivity index is 1.35. The van der Waals surface area contributed by atoms with Crippen LogP contribution < -0.4 is 5.56 Å². The Morgan fingerprint density at radius 1 is 1.03 bits per heavy atom. The van der Waals surface area contributed by atoms with Gasteiger partial charge in [-0.15, -0.1) is 5.10 Å². The van der Waals surface area contributed by atoms with Crippen molar-refractivity contribution in [3.05, 3.63) is 76.6 Å². The van der Waals surface area contributed by atoms with Crippen LogP contribution in [0.5, 0.6) is 0 Å². The van der Waals surface area contributed by atoms with Gasteiger partial charge in [-0.05, 0) is 24.6 Å². The number of piperazine rings is 1. The normalized spacial score (nSPS) is 16.2. The molecule has 1 aromatic heterocycles. The summed E-state index contributed by atoms with van der Waals surface area (Å²) >= 11 is 0. The molecule has 2 heterocycles. The van der Waals surface area contributed by atoms with Crippen LogP contribution >= 0.6 is 0 Å². The third kappa shape index (κ3) is 4.31. The van der Waals surface area contributed by atoms with Gasteiger partial charge in [0.15, 0.2) is 0 Å². The molecule has 0 aliphatic carbocycles. The maximum absolute atomic E-state index is 13.0. The van der Waals surface area contributed by atoms with Gasteiger partial charge in [-0.1, -0.05) is 59.8 Å². The average Bonchev–Trinajstić information content (AvgIpc) is 2.80. The largest absolute Gasteiger partial charge is 0.338 e. The minimum atomic E-state index is -0.681. The minimum Gasteiger partial charge on any atom is -0.338 e. The van der Waals surface area contributed by atoms with Crippen molar-refractivity contribution in [2.45, 2.75) is 13.0 Å².